The number of fused-ring (bicyclic) bond motifs is 1. The summed E-state index contributed by atoms with van der Waals surface area (Å²) in [6.07, 6.45) is 0.307. The van der Waals surface area contributed by atoms with Crippen molar-refractivity contribution >= 4 is 5.91 Å². The zero-order chi connectivity index (χ0) is 20.1. The Morgan fingerprint density at radius 2 is 1.82 bits per heavy atom. The lowest BCUT2D eigenvalue weighted by Gasteiger charge is -2.25. The minimum Gasteiger partial charge on any atom is -0.493 e. The molecule has 0 aliphatic carbocycles. The first-order valence-electron chi connectivity index (χ1n) is 9.83. The maximum absolute atomic E-state index is 12.5. The number of ether oxygens (including phenoxy) is 3. The number of benzene rings is 2. The van der Waals surface area contributed by atoms with E-state index in [1.165, 1.54) is 0 Å². The van der Waals surface area contributed by atoms with E-state index in [-0.39, 0.29) is 17.9 Å². The molecule has 1 N–H and O–H groups in total. The van der Waals surface area contributed by atoms with Gasteiger partial charge in [0.2, 0.25) is 5.91 Å². The van der Waals surface area contributed by atoms with E-state index in [4.69, 9.17) is 14.2 Å². The Morgan fingerprint density at radius 3 is 2.57 bits per heavy atom. The SMILES string of the molecule is Cc1ccc(C)c(OCCC(=O)N[C@@H](c2ccc3c(c2)OCCO3)C(C)C)c1. The summed E-state index contributed by atoms with van der Waals surface area (Å²) >= 11 is 0. The van der Waals surface area contributed by atoms with Crippen LogP contribution in [0.15, 0.2) is 36.4 Å². The Bertz CT molecular complexity index is 831. The molecule has 1 amide bonds. The number of carbonyl (C=O) groups is 1. The molecule has 0 saturated carbocycles. The van der Waals surface area contributed by atoms with E-state index >= 15 is 0 Å². The Kier molecular flexibility index (Phi) is 6.45. The zero-order valence-electron chi connectivity index (χ0n) is 17.1. The molecule has 0 fully saturated rings. The summed E-state index contributed by atoms with van der Waals surface area (Å²) in [5.41, 5.74) is 3.23. The highest BCUT2D eigenvalue weighted by Crippen LogP contribution is 2.34. The summed E-state index contributed by atoms with van der Waals surface area (Å²) in [6.45, 7) is 9.68. The molecule has 0 radical (unpaired) electrons. The number of nitrogens with one attached hydrogen (secondary N) is 1. The fraction of sp³-hybridized carbons (Fsp3) is 0.435. The molecule has 1 heterocycles. The van der Waals surface area contributed by atoms with Gasteiger partial charge in [-0.25, -0.2) is 0 Å². The van der Waals surface area contributed by atoms with Crippen LogP contribution in [0.3, 0.4) is 0 Å². The van der Waals surface area contributed by atoms with Gasteiger partial charge >= 0.3 is 0 Å². The normalized spacial score (nSPS) is 13.9. The molecule has 0 aromatic heterocycles. The zero-order valence-corrected chi connectivity index (χ0v) is 17.1. The van der Waals surface area contributed by atoms with Crippen LogP contribution in [0.1, 0.15) is 43.0 Å². The Balaban J connectivity index is 1.59. The van der Waals surface area contributed by atoms with Gasteiger partial charge in [-0.3, -0.25) is 4.79 Å². The molecule has 1 atom stereocenters. The minimum absolute atomic E-state index is 0.0288. The van der Waals surface area contributed by atoms with Gasteiger partial charge in [-0.05, 0) is 54.7 Å². The van der Waals surface area contributed by atoms with Crippen LogP contribution < -0.4 is 19.5 Å². The van der Waals surface area contributed by atoms with Crippen LogP contribution in [0.25, 0.3) is 0 Å². The molecule has 0 spiro atoms. The van der Waals surface area contributed by atoms with Crippen molar-refractivity contribution < 1.29 is 19.0 Å². The van der Waals surface area contributed by atoms with Crippen molar-refractivity contribution in [2.45, 2.75) is 40.2 Å². The molecule has 1 aliphatic heterocycles. The maximum Gasteiger partial charge on any atom is 0.223 e. The summed E-state index contributed by atoms with van der Waals surface area (Å²) in [5, 5.41) is 3.14. The van der Waals surface area contributed by atoms with Gasteiger partial charge in [0.15, 0.2) is 11.5 Å². The summed E-state index contributed by atoms with van der Waals surface area (Å²) < 4.78 is 17.1. The van der Waals surface area contributed by atoms with Gasteiger partial charge in [-0.15, -0.1) is 0 Å². The molecule has 0 saturated heterocycles. The van der Waals surface area contributed by atoms with Crippen LogP contribution in [-0.2, 0) is 4.79 Å². The topological polar surface area (TPSA) is 56.8 Å². The number of hydrogen-bond acceptors (Lipinski definition) is 4. The molecule has 5 heteroatoms. The predicted molar refractivity (Wildman–Crippen MR) is 109 cm³/mol. The lowest BCUT2D eigenvalue weighted by Crippen LogP contribution is -2.32. The van der Waals surface area contributed by atoms with Crippen LogP contribution in [0.4, 0.5) is 0 Å². The second-order valence-corrected chi connectivity index (χ2v) is 7.56. The number of rotatable bonds is 7. The van der Waals surface area contributed by atoms with E-state index in [0.29, 0.717) is 26.2 Å². The second-order valence-electron chi connectivity index (χ2n) is 7.56. The smallest absolute Gasteiger partial charge is 0.223 e. The van der Waals surface area contributed by atoms with E-state index in [9.17, 15) is 4.79 Å². The highest BCUT2D eigenvalue weighted by Gasteiger charge is 2.21. The van der Waals surface area contributed by atoms with Crippen LogP contribution in [0.2, 0.25) is 0 Å². The molecule has 2 aromatic carbocycles. The lowest BCUT2D eigenvalue weighted by atomic mass is 9.95. The highest BCUT2D eigenvalue weighted by molar-refractivity contribution is 5.76. The molecule has 0 bridgehead atoms. The molecule has 3 rings (SSSR count). The second kappa shape index (κ2) is 9.00. The van der Waals surface area contributed by atoms with E-state index in [2.05, 4.69) is 25.2 Å². The van der Waals surface area contributed by atoms with Gasteiger partial charge in [0.25, 0.3) is 0 Å². The first-order valence-corrected chi connectivity index (χ1v) is 9.83. The van der Waals surface area contributed by atoms with Crippen molar-refractivity contribution in [2.75, 3.05) is 19.8 Å². The molecular formula is C23H29NO4. The van der Waals surface area contributed by atoms with E-state index < -0.39 is 0 Å². The van der Waals surface area contributed by atoms with Gasteiger partial charge < -0.3 is 19.5 Å². The average molecular weight is 383 g/mol. The van der Waals surface area contributed by atoms with Gasteiger partial charge in [-0.2, -0.15) is 0 Å². The van der Waals surface area contributed by atoms with Gasteiger partial charge in [-0.1, -0.05) is 32.0 Å². The quantitative estimate of drug-likeness (QED) is 0.772. The average Bonchev–Trinajstić information content (AvgIpc) is 2.68. The first-order chi connectivity index (χ1) is 13.4. The number of aryl methyl sites for hydroxylation is 2. The third-order valence-corrected chi connectivity index (χ3v) is 4.84. The summed E-state index contributed by atoms with van der Waals surface area (Å²) in [4.78, 5) is 12.5. The van der Waals surface area contributed by atoms with E-state index in [1.807, 2.05) is 44.2 Å². The van der Waals surface area contributed by atoms with Gasteiger partial charge in [0.1, 0.15) is 19.0 Å². The van der Waals surface area contributed by atoms with Crippen molar-refractivity contribution in [1.82, 2.24) is 5.32 Å². The fourth-order valence-corrected chi connectivity index (χ4v) is 3.25. The van der Waals surface area contributed by atoms with Crippen LogP contribution in [0, 0.1) is 19.8 Å². The third kappa shape index (κ3) is 4.97. The van der Waals surface area contributed by atoms with Gasteiger partial charge in [0, 0.05) is 0 Å². The summed E-state index contributed by atoms with van der Waals surface area (Å²) in [5.74, 6) is 2.54. The minimum atomic E-state index is -0.0935. The molecular weight excluding hydrogens is 354 g/mol. The number of amides is 1. The largest absolute Gasteiger partial charge is 0.493 e. The molecule has 0 unspecified atom stereocenters. The Morgan fingerprint density at radius 1 is 1.07 bits per heavy atom. The third-order valence-electron chi connectivity index (χ3n) is 4.84. The molecule has 5 nitrogen and oxygen atoms in total. The molecule has 150 valence electrons. The van der Waals surface area contributed by atoms with Crippen molar-refractivity contribution in [2.24, 2.45) is 5.92 Å². The highest BCUT2D eigenvalue weighted by atomic mass is 16.6. The Labute approximate surface area is 167 Å². The lowest BCUT2D eigenvalue weighted by molar-refractivity contribution is -0.122. The number of carbonyl (C=O) groups excluding carboxylic acids is 1. The van der Waals surface area contributed by atoms with Crippen molar-refractivity contribution in [3.8, 4) is 17.2 Å². The van der Waals surface area contributed by atoms with E-state index in [1.54, 1.807) is 0 Å². The van der Waals surface area contributed by atoms with Crippen LogP contribution in [-0.4, -0.2) is 25.7 Å². The summed E-state index contributed by atoms with van der Waals surface area (Å²) in [6, 6.07) is 11.9. The molecule has 2 aromatic rings. The standard InChI is InChI=1S/C23H29NO4/c1-15(2)23(18-7-8-19-21(14-18)28-12-11-27-19)24-22(25)9-10-26-20-13-16(3)5-6-17(20)4/h5-8,13-15,23H,9-12H2,1-4H3,(H,24,25)/t23-/m1/s1. The first kappa shape index (κ1) is 20.1. The molecule has 28 heavy (non-hydrogen) atoms. The fourth-order valence-electron chi connectivity index (χ4n) is 3.25. The van der Waals surface area contributed by atoms with Crippen LogP contribution in [0.5, 0.6) is 17.2 Å². The van der Waals surface area contributed by atoms with Crippen LogP contribution >= 0.6 is 0 Å². The van der Waals surface area contributed by atoms with E-state index in [0.717, 1.165) is 33.9 Å². The van der Waals surface area contributed by atoms with Crippen molar-refractivity contribution in [1.29, 1.82) is 0 Å². The summed E-state index contributed by atoms with van der Waals surface area (Å²) in [7, 11) is 0. The predicted octanol–water partition coefficient (Wildman–Crippen LogP) is 4.36. The molecule has 1 aliphatic rings. The monoisotopic (exact) mass is 383 g/mol. The maximum atomic E-state index is 12.5. The van der Waals surface area contributed by atoms with Crippen molar-refractivity contribution in [3.05, 3.63) is 53.1 Å². The number of hydrogen-bond donors (Lipinski definition) is 1. The Hall–Kier alpha value is -2.69. The van der Waals surface area contributed by atoms with Gasteiger partial charge in [0.05, 0.1) is 19.1 Å². The van der Waals surface area contributed by atoms with Crippen molar-refractivity contribution in [3.63, 3.8) is 0 Å².